The third-order valence-electron chi connectivity index (χ3n) is 2.16. The van der Waals surface area contributed by atoms with E-state index in [1.165, 1.54) is 23.5 Å². The van der Waals surface area contributed by atoms with Crippen LogP contribution in [0.3, 0.4) is 0 Å². The first-order valence-corrected chi connectivity index (χ1v) is 5.79. The lowest BCUT2D eigenvalue weighted by Gasteiger charge is -2.05. The minimum atomic E-state index is -0.615. The van der Waals surface area contributed by atoms with E-state index in [0.717, 1.165) is 10.9 Å². The summed E-state index contributed by atoms with van der Waals surface area (Å²) in [7, 11) is 0. The second kappa shape index (κ2) is 4.97. The molecule has 0 aliphatic heterocycles. The minimum absolute atomic E-state index is 0.0570. The number of benzene rings is 1. The van der Waals surface area contributed by atoms with Crippen molar-refractivity contribution >= 4 is 23.0 Å². The van der Waals surface area contributed by atoms with Crippen LogP contribution in [0.1, 0.15) is 15.2 Å². The summed E-state index contributed by atoms with van der Waals surface area (Å²) < 4.78 is 18.0. The Labute approximate surface area is 102 Å². The van der Waals surface area contributed by atoms with E-state index < -0.39 is 11.8 Å². The van der Waals surface area contributed by atoms with E-state index in [9.17, 15) is 9.18 Å². The molecule has 0 saturated heterocycles. The monoisotopic (exact) mass is 251 g/mol. The summed E-state index contributed by atoms with van der Waals surface area (Å²) in [6.07, 6.45) is 0. The Morgan fingerprint density at radius 2 is 2.24 bits per heavy atom. The van der Waals surface area contributed by atoms with Gasteiger partial charge in [0, 0.05) is 10.6 Å². The van der Waals surface area contributed by atoms with Gasteiger partial charge in [-0.3, -0.25) is 0 Å². The number of nitrogen functional groups attached to an aromatic ring is 1. The van der Waals surface area contributed by atoms with Crippen molar-refractivity contribution in [2.24, 2.45) is 0 Å². The van der Waals surface area contributed by atoms with Crippen LogP contribution < -0.4 is 5.73 Å². The van der Waals surface area contributed by atoms with Gasteiger partial charge in [-0.15, -0.1) is 11.3 Å². The topological polar surface area (TPSA) is 52.3 Å². The van der Waals surface area contributed by atoms with Crippen molar-refractivity contribution in [1.29, 1.82) is 0 Å². The van der Waals surface area contributed by atoms with E-state index in [1.807, 2.05) is 17.5 Å². The highest BCUT2D eigenvalue weighted by Crippen LogP contribution is 2.16. The quantitative estimate of drug-likeness (QED) is 0.674. The minimum Gasteiger partial charge on any atom is -0.456 e. The summed E-state index contributed by atoms with van der Waals surface area (Å²) in [5.41, 5.74) is 5.84. The molecule has 2 aromatic rings. The van der Waals surface area contributed by atoms with Gasteiger partial charge in [0.1, 0.15) is 12.4 Å². The lowest BCUT2D eigenvalue weighted by molar-refractivity contribution is 0.0477. The molecule has 0 spiro atoms. The van der Waals surface area contributed by atoms with Crippen LogP contribution in [0.25, 0.3) is 0 Å². The summed E-state index contributed by atoms with van der Waals surface area (Å²) in [4.78, 5) is 12.6. The van der Waals surface area contributed by atoms with E-state index in [2.05, 4.69) is 0 Å². The van der Waals surface area contributed by atoms with E-state index in [4.69, 9.17) is 10.5 Å². The zero-order valence-corrected chi connectivity index (χ0v) is 9.67. The van der Waals surface area contributed by atoms with Crippen molar-refractivity contribution in [3.8, 4) is 0 Å². The molecule has 0 fully saturated rings. The first-order valence-electron chi connectivity index (χ1n) is 4.91. The van der Waals surface area contributed by atoms with Gasteiger partial charge in [-0.2, -0.15) is 0 Å². The fourth-order valence-electron chi connectivity index (χ4n) is 1.31. The van der Waals surface area contributed by atoms with Crippen LogP contribution in [0.15, 0.2) is 35.7 Å². The molecule has 2 N–H and O–H groups in total. The molecular weight excluding hydrogens is 241 g/mol. The Bertz CT molecular complexity index is 525. The van der Waals surface area contributed by atoms with Gasteiger partial charge >= 0.3 is 5.97 Å². The Kier molecular flexibility index (Phi) is 3.39. The smallest absolute Gasteiger partial charge is 0.340 e. The SMILES string of the molecule is Nc1ccc(F)cc1C(=O)OCc1cccs1. The van der Waals surface area contributed by atoms with E-state index in [1.54, 1.807) is 0 Å². The standard InChI is InChI=1S/C12H10FNO2S/c13-8-3-4-11(14)10(6-8)12(15)16-7-9-2-1-5-17-9/h1-6H,7,14H2. The van der Waals surface area contributed by atoms with Crippen LogP contribution in [0.4, 0.5) is 10.1 Å². The average Bonchev–Trinajstić information content (AvgIpc) is 2.82. The van der Waals surface area contributed by atoms with Gasteiger partial charge in [-0.05, 0) is 29.6 Å². The van der Waals surface area contributed by atoms with Gasteiger partial charge in [0.25, 0.3) is 0 Å². The zero-order chi connectivity index (χ0) is 12.3. The molecule has 0 aliphatic rings. The van der Waals surface area contributed by atoms with Gasteiger partial charge in [0.15, 0.2) is 0 Å². The number of esters is 1. The highest BCUT2D eigenvalue weighted by atomic mass is 32.1. The van der Waals surface area contributed by atoms with Crippen molar-refractivity contribution in [3.05, 3.63) is 52.0 Å². The summed E-state index contributed by atoms with van der Waals surface area (Å²) in [6, 6.07) is 7.34. The molecule has 2 rings (SSSR count). The van der Waals surface area contributed by atoms with Crippen molar-refractivity contribution in [2.45, 2.75) is 6.61 Å². The highest BCUT2D eigenvalue weighted by Gasteiger charge is 2.12. The van der Waals surface area contributed by atoms with E-state index in [0.29, 0.717) is 0 Å². The van der Waals surface area contributed by atoms with Gasteiger partial charge in [0.05, 0.1) is 5.56 Å². The fourth-order valence-corrected chi connectivity index (χ4v) is 1.93. The maximum atomic E-state index is 13.0. The van der Waals surface area contributed by atoms with Crippen LogP contribution in [0.2, 0.25) is 0 Å². The number of nitrogens with two attached hydrogens (primary N) is 1. The first kappa shape index (κ1) is 11.6. The third kappa shape index (κ3) is 2.82. The zero-order valence-electron chi connectivity index (χ0n) is 8.85. The van der Waals surface area contributed by atoms with Gasteiger partial charge in [-0.25, -0.2) is 9.18 Å². The number of thiophene rings is 1. The van der Waals surface area contributed by atoms with E-state index >= 15 is 0 Å². The lowest BCUT2D eigenvalue weighted by Crippen LogP contribution is -2.08. The Morgan fingerprint density at radius 1 is 1.41 bits per heavy atom. The fraction of sp³-hybridized carbons (Fsp3) is 0.0833. The van der Waals surface area contributed by atoms with Gasteiger partial charge in [-0.1, -0.05) is 6.07 Å². The number of rotatable bonds is 3. The largest absolute Gasteiger partial charge is 0.456 e. The van der Waals surface area contributed by atoms with Crippen molar-refractivity contribution in [1.82, 2.24) is 0 Å². The lowest BCUT2D eigenvalue weighted by atomic mass is 10.2. The second-order valence-electron chi connectivity index (χ2n) is 3.39. The van der Waals surface area contributed by atoms with Crippen LogP contribution in [0, 0.1) is 5.82 Å². The molecule has 17 heavy (non-hydrogen) atoms. The number of hydrogen-bond donors (Lipinski definition) is 1. The molecule has 1 aromatic heterocycles. The third-order valence-corrected chi connectivity index (χ3v) is 3.01. The van der Waals surface area contributed by atoms with Crippen LogP contribution in [-0.2, 0) is 11.3 Å². The summed E-state index contributed by atoms with van der Waals surface area (Å²) in [5, 5.41) is 1.89. The summed E-state index contributed by atoms with van der Waals surface area (Å²) >= 11 is 1.48. The average molecular weight is 251 g/mol. The molecule has 0 atom stereocenters. The molecule has 0 amide bonds. The molecule has 0 aliphatic carbocycles. The number of anilines is 1. The normalized spacial score (nSPS) is 10.2. The summed E-state index contributed by atoms with van der Waals surface area (Å²) in [6.45, 7) is 0.173. The van der Waals surface area contributed by atoms with Crippen molar-refractivity contribution in [3.63, 3.8) is 0 Å². The second-order valence-corrected chi connectivity index (χ2v) is 4.42. The molecule has 1 aromatic carbocycles. The molecule has 0 radical (unpaired) electrons. The maximum absolute atomic E-state index is 13.0. The van der Waals surface area contributed by atoms with E-state index in [-0.39, 0.29) is 17.9 Å². The molecule has 88 valence electrons. The molecule has 1 heterocycles. The van der Waals surface area contributed by atoms with Crippen molar-refractivity contribution in [2.75, 3.05) is 5.73 Å². The Hall–Kier alpha value is -1.88. The number of halogens is 1. The molecule has 3 nitrogen and oxygen atoms in total. The van der Waals surface area contributed by atoms with Crippen LogP contribution in [0.5, 0.6) is 0 Å². The highest BCUT2D eigenvalue weighted by molar-refractivity contribution is 7.09. The summed E-state index contributed by atoms with van der Waals surface area (Å²) in [5.74, 6) is -1.13. The molecule has 0 unspecified atom stereocenters. The number of hydrogen-bond acceptors (Lipinski definition) is 4. The van der Waals surface area contributed by atoms with Crippen molar-refractivity contribution < 1.29 is 13.9 Å². The first-order chi connectivity index (χ1) is 8.16. The molecule has 0 bridgehead atoms. The van der Waals surface area contributed by atoms with Crippen LogP contribution in [-0.4, -0.2) is 5.97 Å². The van der Waals surface area contributed by atoms with Gasteiger partial charge < -0.3 is 10.5 Å². The predicted molar refractivity (Wildman–Crippen MR) is 64.3 cm³/mol. The Balaban J connectivity index is 2.07. The maximum Gasteiger partial charge on any atom is 0.340 e. The number of ether oxygens (including phenoxy) is 1. The predicted octanol–water partition coefficient (Wildman–Crippen LogP) is 2.83. The van der Waals surface area contributed by atoms with Gasteiger partial charge in [0.2, 0.25) is 0 Å². The molecule has 5 heteroatoms. The van der Waals surface area contributed by atoms with Crippen LogP contribution >= 0.6 is 11.3 Å². The number of carbonyl (C=O) groups excluding carboxylic acids is 1. The number of carbonyl (C=O) groups is 1. The Morgan fingerprint density at radius 3 is 2.94 bits per heavy atom. The molecular formula is C12H10FNO2S. The molecule has 0 saturated carbocycles.